The van der Waals surface area contributed by atoms with E-state index in [1.165, 1.54) is 12.8 Å². The number of methoxy groups -OCH3 is 2. The number of benzene rings is 1. The molecule has 3 fully saturated rings. The zero-order valence-corrected chi connectivity index (χ0v) is 17.1. The highest BCUT2D eigenvalue weighted by atomic mass is 35.5. The van der Waals surface area contributed by atoms with Crippen LogP contribution in [0.15, 0.2) is 18.2 Å². The third kappa shape index (κ3) is 4.69. The minimum absolute atomic E-state index is 0. The smallest absolute Gasteiger partial charge is 0.223 e. The van der Waals surface area contributed by atoms with Crippen molar-refractivity contribution in [3.8, 4) is 11.5 Å². The molecule has 2 heterocycles. The van der Waals surface area contributed by atoms with Crippen LogP contribution in [0.3, 0.4) is 0 Å². The van der Waals surface area contributed by atoms with E-state index in [0.717, 1.165) is 42.7 Å². The largest absolute Gasteiger partial charge is 0.497 e. The van der Waals surface area contributed by atoms with Gasteiger partial charge in [0.1, 0.15) is 11.5 Å². The molecule has 2 aliphatic heterocycles. The van der Waals surface area contributed by atoms with Gasteiger partial charge in [0.25, 0.3) is 0 Å². The summed E-state index contributed by atoms with van der Waals surface area (Å²) in [5.41, 5.74) is 1.03. The van der Waals surface area contributed by atoms with Crippen LogP contribution in [0.2, 0.25) is 0 Å². The summed E-state index contributed by atoms with van der Waals surface area (Å²) in [6.45, 7) is 0.613. The van der Waals surface area contributed by atoms with Crippen molar-refractivity contribution in [2.75, 3.05) is 14.2 Å². The third-order valence-corrected chi connectivity index (χ3v) is 6.17. The van der Waals surface area contributed by atoms with E-state index in [-0.39, 0.29) is 12.4 Å². The number of carbonyl (C=O) groups excluding carboxylic acids is 1. The van der Waals surface area contributed by atoms with Crippen LogP contribution < -0.4 is 14.8 Å². The Bertz CT molecular complexity index is 653. The number of hydrogen-bond acceptors (Lipinski definition) is 4. The Morgan fingerprint density at radius 3 is 2.41 bits per heavy atom. The molecule has 2 atom stereocenters. The Kier molecular flexibility index (Phi) is 6.53. The monoisotopic (exact) mass is 394 g/mol. The van der Waals surface area contributed by atoms with E-state index in [1.54, 1.807) is 14.2 Å². The Hall–Kier alpha value is -1.46. The predicted molar refractivity (Wildman–Crippen MR) is 108 cm³/mol. The number of ether oxygens (including phenoxy) is 2. The van der Waals surface area contributed by atoms with Gasteiger partial charge in [-0.3, -0.25) is 4.79 Å². The van der Waals surface area contributed by atoms with Crippen LogP contribution in [0.1, 0.15) is 50.5 Å². The van der Waals surface area contributed by atoms with Gasteiger partial charge >= 0.3 is 0 Å². The van der Waals surface area contributed by atoms with Gasteiger partial charge in [-0.2, -0.15) is 0 Å². The number of nitrogens with zero attached hydrogens (tertiary/aromatic N) is 1. The number of hydrogen-bond donors (Lipinski definition) is 1. The molecule has 1 amide bonds. The van der Waals surface area contributed by atoms with Gasteiger partial charge < -0.3 is 19.7 Å². The SMILES string of the molecule is COc1ccc(OC)c(CN(C(=O)CC2CC3CCC(C2)N3)C2CC2)c1.Cl. The summed E-state index contributed by atoms with van der Waals surface area (Å²) in [5.74, 6) is 2.47. The van der Waals surface area contributed by atoms with E-state index in [1.807, 2.05) is 18.2 Å². The molecule has 27 heavy (non-hydrogen) atoms. The van der Waals surface area contributed by atoms with E-state index < -0.39 is 0 Å². The van der Waals surface area contributed by atoms with Gasteiger partial charge in [0.15, 0.2) is 0 Å². The van der Waals surface area contributed by atoms with Crippen molar-refractivity contribution in [3.05, 3.63) is 23.8 Å². The maximum Gasteiger partial charge on any atom is 0.223 e. The summed E-state index contributed by atoms with van der Waals surface area (Å²) in [4.78, 5) is 15.2. The second-order valence-electron chi connectivity index (χ2n) is 8.11. The fourth-order valence-corrected chi connectivity index (χ4v) is 4.70. The highest BCUT2D eigenvalue weighted by molar-refractivity contribution is 5.85. The zero-order chi connectivity index (χ0) is 18.1. The van der Waals surface area contributed by atoms with Gasteiger partial charge in [-0.1, -0.05) is 0 Å². The van der Waals surface area contributed by atoms with Crippen LogP contribution in [0.4, 0.5) is 0 Å². The first-order valence-electron chi connectivity index (χ1n) is 9.92. The third-order valence-electron chi connectivity index (χ3n) is 6.17. The number of amides is 1. The minimum atomic E-state index is 0. The molecule has 1 saturated carbocycles. The van der Waals surface area contributed by atoms with Gasteiger partial charge in [0.2, 0.25) is 5.91 Å². The minimum Gasteiger partial charge on any atom is -0.497 e. The molecule has 2 unspecified atom stereocenters. The Labute approximate surface area is 168 Å². The van der Waals surface area contributed by atoms with E-state index in [9.17, 15) is 4.79 Å². The van der Waals surface area contributed by atoms with E-state index in [0.29, 0.717) is 42.9 Å². The number of halogens is 1. The fourth-order valence-electron chi connectivity index (χ4n) is 4.70. The lowest BCUT2D eigenvalue weighted by Gasteiger charge is -2.31. The molecule has 1 aromatic carbocycles. The molecule has 1 N–H and O–H groups in total. The molecule has 0 radical (unpaired) electrons. The lowest BCUT2D eigenvalue weighted by Crippen LogP contribution is -2.41. The standard InChI is InChI=1S/C21H30N2O3.ClH/c1-25-19-7-8-20(26-2)15(12-19)13-23(18-5-6-18)21(24)11-14-9-16-3-4-17(10-14)22-16;/h7-8,12,14,16-18,22H,3-6,9-11,13H2,1-2H3;1H. The van der Waals surface area contributed by atoms with Crippen LogP contribution >= 0.6 is 12.4 Å². The number of carbonyl (C=O) groups is 1. The summed E-state index contributed by atoms with van der Waals surface area (Å²) in [6.07, 6.45) is 7.81. The first-order valence-corrected chi connectivity index (χ1v) is 9.92. The van der Waals surface area contributed by atoms with Crippen LogP contribution in [-0.4, -0.2) is 43.2 Å². The molecule has 0 spiro atoms. The lowest BCUT2D eigenvalue weighted by molar-refractivity contribution is -0.133. The molecule has 1 aromatic rings. The van der Waals surface area contributed by atoms with E-state index in [4.69, 9.17) is 9.47 Å². The second kappa shape index (κ2) is 8.70. The summed E-state index contributed by atoms with van der Waals surface area (Å²) in [6, 6.07) is 7.49. The van der Waals surface area contributed by atoms with Gasteiger partial charge in [-0.15, -0.1) is 12.4 Å². The van der Waals surface area contributed by atoms with Crippen molar-refractivity contribution < 1.29 is 14.3 Å². The van der Waals surface area contributed by atoms with Crippen molar-refractivity contribution in [3.63, 3.8) is 0 Å². The first kappa shape index (κ1) is 20.3. The van der Waals surface area contributed by atoms with Crippen molar-refractivity contribution in [2.24, 2.45) is 5.92 Å². The molecule has 0 aromatic heterocycles. The normalized spacial score (nSPS) is 26.2. The van der Waals surface area contributed by atoms with Crippen molar-refractivity contribution in [1.29, 1.82) is 0 Å². The molecular formula is C21H31ClN2O3. The van der Waals surface area contributed by atoms with Crippen LogP contribution in [-0.2, 0) is 11.3 Å². The highest BCUT2D eigenvalue weighted by Crippen LogP contribution is 2.36. The maximum absolute atomic E-state index is 13.1. The van der Waals surface area contributed by atoms with Gasteiger partial charge in [-0.05, 0) is 62.6 Å². The predicted octanol–water partition coefficient (Wildman–Crippen LogP) is 3.54. The first-order chi connectivity index (χ1) is 12.7. The van der Waals surface area contributed by atoms with Crippen LogP contribution in [0, 0.1) is 5.92 Å². The molecule has 1 aliphatic carbocycles. The van der Waals surface area contributed by atoms with Gasteiger partial charge in [0, 0.05) is 36.7 Å². The van der Waals surface area contributed by atoms with Gasteiger partial charge in [0.05, 0.1) is 14.2 Å². The van der Waals surface area contributed by atoms with Crippen LogP contribution in [0.5, 0.6) is 11.5 Å². The average Bonchev–Trinajstić information content (AvgIpc) is 3.43. The Morgan fingerprint density at radius 2 is 1.81 bits per heavy atom. The zero-order valence-electron chi connectivity index (χ0n) is 16.3. The number of fused-ring (bicyclic) bond motifs is 2. The molecule has 2 saturated heterocycles. The fraction of sp³-hybridized carbons (Fsp3) is 0.667. The lowest BCUT2D eigenvalue weighted by atomic mass is 9.89. The Morgan fingerprint density at radius 1 is 1.11 bits per heavy atom. The topological polar surface area (TPSA) is 50.8 Å². The molecule has 2 bridgehead atoms. The van der Waals surface area contributed by atoms with Crippen molar-refractivity contribution in [2.45, 2.75) is 69.6 Å². The summed E-state index contributed by atoms with van der Waals surface area (Å²) in [5, 5.41) is 3.67. The number of nitrogens with one attached hydrogen (secondary N) is 1. The van der Waals surface area contributed by atoms with Crippen molar-refractivity contribution >= 4 is 18.3 Å². The van der Waals surface area contributed by atoms with Crippen molar-refractivity contribution in [1.82, 2.24) is 10.2 Å². The molecule has 6 heteroatoms. The molecule has 4 rings (SSSR count). The molecule has 150 valence electrons. The highest BCUT2D eigenvalue weighted by Gasteiger charge is 2.37. The molecule has 3 aliphatic rings. The Balaban J connectivity index is 0.00000210. The quantitative estimate of drug-likeness (QED) is 0.768. The van der Waals surface area contributed by atoms with Gasteiger partial charge in [-0.25, -0.2) is 0 Å². The second-order valence-corrected chi connectivity index (χ2v) is 8.11. The van der Waals surface area contributed by atoms with Crippen LogP contribution in [0.25, 0.3) is 0 Å². The van der Waals surface area contributed by atoms with E-state index >= 15 is 0 Å². The molecule has 5 nitrogen and oxygen atoms in total. The number of rotatable bonds is 7. The summed E-state index contributed by atoms with van der Waals surface area (Å²) in [7, 11) is 3.35. The maximum atomic E-state index is 13.1. The number of piperidine rings is 1. The summed E-state index contributed by atoms with van der Waals surface area (Å²) >= 11 is 0. The van der Waals surface area contributed by atoms with E-state index in [2.05, 4.69) is 10.2 Å². The summed E-state index contributed by atoms with van der Waals surface area (Å²) < 4.78 is 10.9. The molecular weight excluding hydrogens is 364 g/mol. The average molecular weight is 395 g/mol.